The van der Waals surface area contributed by atoms with Gasteiger partial charge in [0.25, 0.3) is 0 Å². The number of benzene rings is 1. The molecule has 1 N–H and O–H groups in total. The first kappa shape index (κ1) is 13.4. The number of methoxy groups -OCH3 is 1. The average molecular weight is 261 g/mol. The number of nitrogens with one attached hydrogen (secondary N) is 1. The van der Waals surface area contributed by atoms with Crippen LogP contribution in [0.1, 0.15) is 17.2 Å². The van der Waals surface area contributed by atoms with E-state index in [2.05, 4.69) is 15.3 Å². The summed E-state index contributed by atoms with van der Waals surface area (Å²) in [5.74, 6) is -0.0908. The van der Waals surface area contributed by atoms with Crippen molar-refractivity contribution in [2.24, 2.45) is 0 Å². The van der Waals surface area contributed by atoms with Gasteiger partial charge >= 0.3 is 0 Å². The number of nitrogens with zero attached hydrogens (tertiary/aromatic N) is 2. The molecule has 1 unspecified atom stereocenters. The standard InChI is InChI=1S/C14H16FN3O/c1-16-13(11-7-17-9-18-8-11)6-10-3-4-14(19-2)12(15)5-10/h3-5,7-9,13,16H,6H2,1-2H3. The number of hydrogen-bond donors (Lipinski definition) is 1. The summed E-state index contributed by atoms with van der Waals surface area (Å²) in [5, 5.41) is 3.18. The van der Waals surface area contributed by atoms with Crippen LogP contribution in [0.3, 0.4) is 0 Å². The molecule has 0 fully saturated rings. The van der Waals surface area contributed by atoms with E-state index >= 15 is 0 Å². The van der Waals surface area contributed by atoms with Crippen LogP contribution >= 0.6 is 0 Å². The van der Waals surface area contributed by atoms with Gasteiger partial charge in [-0.05, 0) is 31.2 Å². The van der Waals surface area contributed by atoms with Crippen LogP contribution in [0.5, 0.6) is 5.75 Å². The SMILES string of the molecule is CNC(Cc1ccc(OC)c(F)c1)c1cncnc1. The second kappa shape index (κ2) is 6.24. The Morgan fingerprint density at radius 2 is 2.05 bits per heavy atom. The molecular weight excluding hydrogens is 245 g/mol. The third-order valence-electron chi connectivity index (χ3n) is 2.99. The predicted octanol–water partition coefficient (Wildman–Crippen LogP) is 2.13. The number of hydrogen-bond acceptors (Lipinski definition) is 4. The number of halogens is 1. The van der Waals surface area contributed by atoms with Crippen LogP contribution in [-0.2, 0) is 6.42 Å². The molecule has 0 saturated heterocycles. The van der Waals surface area contributed by atoms with E-state index in [1.54, 1.807) is 18.5 Å². The van der Waals surface area contributed by atoms with Gasteiger partial charge in [-0.25, -0.2) is 14.4 Å². The van der Waals surface area contributed by atoms with Gasteiger partial charge in [-0.1, -0.05) is 6.07 Å². The second-order valence-corrected chi connectivity index (χ2v) is 4.19. The van der Waals surface area contributed by atoms with E-state index in [1.807, 2.05) is 13.1 Å². The van der Waals surface area contributed by atoms with E-state index in [0.717, 1.165) is 11.1 Å². The first-order valence-electron chi connectivity index (χ1n) is 5.99. The van der Waals surface area contributed by atoms with Crippen molar-refractivity contribution < 1.29 is 9.13 Å². The van der Waals surface area contributed by atoms with Gasteiger partial charge in [0.2, 0.25) is 0 Å². The average Bonchev–Trinajstić information content (AvgIpc) is 2.46. The molecule has 4 nitrogen and oxygen atoms in total. The maximum atomic E-state index is 13.6. The van der Waals surface area contributed by atoms with E-state index in [1.165, 1.54) is 19.5 Å². The number of rotatable bonds is 5. The topological polar surface area (TPSA) is 47.0 Å². The molecule has 0 radical (unpaired) electrons. The van der Waals surface area contributed by atoms with Crippen LogP contribution in [0.2, 0.25) is 0 Å². The Labute approximate surface area is 111 Å². The lowest BCUT2D eigenvalue weighted by Crippen LogP contribution is -2.19. The first-order chi connectivity index (χ1) is 9.24. The van der Waals surface area contributed by atoms with E-state index < -0.39 is 0 Å². The third-order valence-corrected chi connectivity index (χ3v) is 2.99. The van der Waals surface area contributed by atoms with Gasteiger partial charge in [-0.2, -0.15) is 0 Å². The summed E-state index contributed by atoms with van der Waals surface area (Å²) in [4.78, 5) is 7.99. The summed E-state index contributed by atoms with van der Waals surface area (Å²) in [5.41, 5.74) is 1.86. The molecule has 1 aromatic heterocycles. The highest BCUT2D eigenvalue weighted by Crippen LogP contribution is 2.22. The van der Waals surface area contributed by atoms with Gasteiger partial charge in [-0.15, -0.1) is 0 Å². The van der Waals surface area contributed by atoms with E-state index in [-0.39, 0.29) is 17.6 Å². The molecule has 19 heavy (non-hydrogen) atoms. The summed E-state index contributed by atoms with van der Waals surface area (Å²) in [6.45, 7) is 0. The van der Waals surface area contributed by atoms with Crippen LogP contribution < -0.4 is 10.1 Å². The second-order valence-electron chi connectivity index (χ2n) is 4.19. The minimum Gasteiger partial charge on any atom is -0.494 e. The Morgan fingerprint density at radius 1 is 1.32 bits per heavy atom. The molecule has 0 saturated carbocycles. The minimum atomic E-state index is -0.348. The van der Waals surface area contributed by atoms with Crippen molar-refractivity contribution in [3.8, 4) is 5.75 Å². The summed E-state index contributed by atoms with van der Waals surface area (Å²) in [7, 11) is 3.31. The van der Waals surface area contributed by atoms with E-state index in [9.17, 15) is 4.39 Å². The fourth-order valence-corrected chi connectivity index (χ4v) is 1.95. The monoisotopic (exact) mass is 261 g/mol. The fourth-order valence-electron chi connectivity index (χ4n) is 1.95. The number of aromatic nitrogens is 2. The molecule has 1 aromatic carbocycles. The molecule has 2 rings (SSSR count). The molecule has 5 heteroatoms. The van der Waals surface area contributed by atoms with Gasteiger partial charge in [-0.3, -0.25) is 0 Å². The van der Waals surface area contributed by atoms with Crippen molar-refractivity contribution in [2.45, 2.75) is 12.5 Å². The molecule has 0 bridgehead atoms. The molecular formula is C14H16FN3O. The van der Waals surface area contributed by atoms with Gasteiger partial charge in [0.15, 0.2) is 11.6 Å². The van der Waals surface area contributed by atoms with Crippen LogP contribution in [-0.4, -0.2) is 24.1 Å². The third kappa shape index (κ3) is 3.26. The number of ether oxygens (including phenoxy) is 1. The van der Waals surface area contributed by atoms with E-state index in [4.69, 9.17) is 4.74 Å². The van der Waals surface area contributed by atoms with Gasteiger partial charge < -0.3 is 10.1 Å². The highest BCUT2D eigenvalue weighted by molar-refractivity contribution is 5.30. The molecule has 0 aliphatic rings. The zero-order valence-electron chi connectivity index (χ0n) is 10.9. The summed E-state index contributed by atoms with van der Waals surface area (Å²) in [6, 6.07) is 5.04. The van der Waals surface area contributed by atoms with Gasteiger partial charge in [0, 0.05) is 24.0 Å². The normalized spacial score (nSPS) is 12.2. The van der Waals surface area contributed by atoms with Crippen molar-refractivity contribution in [3.63, 3.8) is 0 Å². The van der Waals surface area contributed by atoms with E-state index in [0.29, 0.717) is 6.42 Å². The zero-order valence-corrected chi connectivity index (χ0v) is 10.9. The quantitative estimate of drug-likeness (QED) is 0.895. The summed E-state index contributed by atoms with van der Waals surface area (Å²) >= 11 is 0. The highest BCUT2D eigenvalue weighted by Gasteiger charge is 2.12. The maximum absolute atomic E-state index is 13.6. The smallest absolute Gasteiger partial charge is 0.165 e. The Hall–Kier alpha value is -2.01. The maximum Gasteiger partial charge on any atom is 0.165 e. The van der Waals surface area contributed by atoms with Crippen molar-refractivity contribution in [3.05, 3.63) is 53.9 Å². The lowest BCUT2D eigenvalue weighted by atomic mass is 10.0. The van der Waals surface area contributed by atoms with Gasteiger partial charge in [0.1, 0.15) is 6.33 Å². The molecule has 1 heterocycles. The molecule has 100 valence electrons. The molecule has 0 aliphatic heterocycles. The van der Waals surface area contributed by atoms with Crippen LogP contribution in [0.15, 0.2) is 36.9 Å². The largest absolute Gasteiger partial charge is 0.494 e. The lowest BCUT2D eigenvalue weighted by molar-refractivity contribution is 0.386. The Morgan fingerprint density at radius 3 is 2.63 bits per heavy atom. The molecule has 2 aromatic rings. The lowest BCUT2D eigenvalue weighted by Gasteiger charge is -2.16. The fraction of sp³-hybridized carbons (Fsp3) is 0.286. The molecule has 0 aliphatic carbocycles. The van der Waals surface area contributed by atoms with Crippen LogP contribution in [0.4, 0.5) is 4.39 Å². The molecule has 0 spiro atoms. The minimum absolute atomic E-state index is 0.0500. The Bertz CT molecular complexity index is 533. The molecule has 0 amide bonds. The molecule has 1 atom stereocenters. The zero-order chi connectivity index (χ0) is 13.7. The highest BCUT2D eigenvalue weighted by atomic mass is 19.1. The van der Waals surface area contributed by atoms with Crippen molar-refractivity contribution in [2.75, 3.05) is 14.2 Å². The van der Waals surface area contributed by atoms with Gasteiger partial charge in [0.05, 0.1) is 7.11 Å². The summed E-state index contributed by atoms with van der Waals surface area (Å²) in [6.07, 6.45) is 5.66. The Kier molecular flexibility index (Phi) is 4.41. The van der Waals surface area contributed by atoms with Crippen molar-refractivity contribution >= 4 is 0 Å². The van der Waals surface area contributed by atoms with Crippen LogP contribution in [0, 0.1) is 5.82 Å². The summed E-state index contributed by atoms with van der Waals surface area (Å²) < 4.78 is 18.5. The van der Waals surface area contributed by atoms with Crippen LogP contribution in [0.25, 0.3) is 0 Å². The van der Waals surface area contributed by atoms with Crippen molar-refractivity contribution in [1.29, 1.82) is 0 Å². The Balaban J connectivity index is 2.17. The first-order valence-corrected chi connectivity index (χ1v) is 5.99. The number of likely N-dealkylation sites (N-methyl/N-ethyl adjacent to an activating group) is 1. The predicted molar refractivity (Wildman–Crippen MR) is 70.5 cm³/mol. The van der Waals surface area contributed by atoms with Crippen molar-refractivity contribution in [1.82, 2.24) is 15.3 Å².